The normalized spacial score (nSPS) is 15.8. The maximum Gasteiger partial charge on any atom is 0.276 e. The number of aromatic nitrogens is 2. The van der Waals surface area contributed by atoms with E-state index in [0.29, 0.717) is 34.3 Å². The Labute approximate surface area is 197 Å². The van der Waals surface area contributed by atoms with Crippen molar-refractivity contribution in [2.24, 2.45) is 5.73 Å². The van der Waals surface area contributed by atoms with Crippen LogP contribution in [0.25, 0.3) is 11.3 Å². The highest BCUT2D eigenvalue weighted by Crippen LogP contribution is 2.32. The molecule has 0 spiro atoms. The number of amides is 1. The second-order valence-corrected chi connectivity index (χ2v) is 8.31. The Hall–Kier alpha value is -3.36. The Morgan fingerprint density at radius 3 is 2.94 bits per heavy atom. The second kappa shape index (κ2) is 10.1. The lowest BCUT2D eigenvalue weighted by Gasteiger charge is -2.33. The third kappa shape index (κ3) is 5.18. The van der Waals surface area contributed by atoms with Crippen LogP contribution < -0.4 is 26.4 Å². The molecular formula is C24H27ClN6O2. The molecule has 1 fully saturated rings. The molecule has 1 saturated heterocycles. The fourth-order valence-corrected chi connectivity index (χ4v) is 4.14. The summed E-state index contributed by atoms with van der Waals surface area (Å²) in [6.07, 6.45) is 5.31. The largest absolute Gasteiger partial charge is 0.494 e. The van der Waals surface area contributed by atoms with E-state index in [2.05, 4.69) is 20.2 Å². The molecule has 0 aliphatic carbocycles. The molecule has 1 aromatic carbocycles. The standard InChI is InChI=1S/C24H27ClN6O2/c1-2-33-16-5-6-18(25)17(12-16)20-8-7-19(27)23(29-20)24(32)30-21-13-28-10-9-22(21)31-11-3-4-15(26)14-31/h5-10,12-13,15H,2-4,11,14,26-27H2,1H3,(H,30,32)/t15-/m0/s1. The van der Waals surface area contributed by atoms with Gasteiger partial charge in [-0.3, -0.25) is 9.78 Å². The molecule has 3 aromatic rings. The van der Waals surface area contributed by atoms with Gasteiger partial charge in [0.2, 0.25) is 0 Å². The average molecular weight is 467 g/mol. The number of piperidine rings is 1. The summed E-state index contributed by atoms with van der Waals surface area (Å²) in [6.45, 7) is 4.02. The minimum Gasteiger partial charge on any atom is -0.494 e. The molecule has 5 N–H and O–H groups in total. The molecule has 0 bridgehead atoms. The van der Waals surface area contributed by atoms with Crippen LogP contribution in [0.4, 0.5) is 17.1 Å². The van der Waals surface area contributed by atoms with Gasteiger partial charge >= 0.3 is 0 Å². The lowest BCUT2D eigenvalue weighted by atomic mass is 10.1. The van der Waals surface area contributed by atoms with E-state index in [1.807, 2.05) is 13.0 Å². The van der Waals surface area contributed by atoms with Crippen LogP contribution in [-0.4, -0.2) is 41.6 Å². The molecule has 172 valence electrons. The molecule has 4 rings (SSSR count). The zero-order valence-electron chi connectivity index (χ0n) is 18.4. The maximum absolute atomic E-state index is 13.2. The Morgan fingerprint density at radius 2 is 2.15 bits per heavy atom. The smallest absolute Gasteiger partial charge is 0.276 e. The highest BCUT2D eigenvalue weighted by Gasteiger charge is 2.22. The number of pyridine rings is 2. The molecule has 0 saturated carbocycles. The highest BCUT2D eigenvalue weighted by molar-refractivity contribution is 6.33. The number of hydrogen-bond donors (Lipinski definition) is 3. The van der Waals surface area contributed by atoms with E-state index in [9.17, 15) is 4.79 Å². The lowest BCUT2D eigenvalue weighted by molar-refractivity contribution is 0.102. The molecule has 1 aliphatic rings. The number of rotatable bonds is 6. The number of hydrogen-bond acceptors (Lipinski definition) is 7. The fraction of sp³-hybridized carbons (Fsp3) is 0.292. The number of carbonyl (C=O) groups is 1. The first-order valence-electron chi connectivity index (χ1n) is 10.9. The summed E-state index contributed by atoms with van der Waals surface area (Å²) in [5, 5.41) is 3.42. The predicted molar refractivity (Wildman–Crippen MR) is 132 cm³/mol. The van der Waals surface area contributed by atoms with Gasteiger partial charge < -0.3 is 26.4 Å². The first kappa shape index (κ1) is 22.8. The van der Waals surface area contributed by atoms with Crippen molar-refractivity contribution in [2.75, 3.05) is 35.6 Å². The van der Waals surface area contributed by atoms with Crippen molar-refractivity contribution < 1.29 is 9.53 Å². The van der Waals surface area contributed by atoms with Gasteiger partial charge in [0.05, 0.1) is 40.6 Å². The van der Waals surface area contributed by atoms with Gasteiger partial charge in [0.1, 0.15) is 5.75 Å². The summed E-state index contributed by atoms with van der Waals surface area (Å²) < 4.78 is 5.57. The summed E-state index contributed by atoms with van der Waals surface area (Å²) in [7, 11) is 0. The zero-order valence-corrected chi connectivity index (χ0v) is 19.2. The van der Waals surface area contributed by atoms with Crippen molar-refractivity contribution in [3.8, 4) is 17.0 Å². The van der Waals surface area contributed by atoms with Crippen LogP contribution in [0.2, 0.25) is 5.02 Å². The summed E-state index contributed by atoms with van der Waals surface area (Å²) in [4.78, 5) is 24.1. The van der Waals surface area contributed by atoms with Gasteiger partial charge in [-0.1, -0.05) is 11.6 Å². The monoisotopic (exact) mass is 466 g/mol. The number of nitrogen functional groups attached to an aromatic ring is 1. The minimum atomic E-state index is -0.429. The number of anilines is 3. The van der Waals surface area contributed by atoms with E-state index in [1.54, 1.807) is 42.7 Å². The molecule has 1 amide bonds. The number of carbonyl (C=O) groups excluding carboxylic acids is 1. The Bertz CT molecular complexity index is 1160. The number of benzene rings is 1. The van der Waals surface area contributed by atoms with E-state index >= 15 is 0 Å². The summed E-state index contributed by atoms with van der Waals surface area (Å²) in [5.41, 5.74) is 15.3. The van der Waals surface area contributed by atoms with E-state index < -0.39 is 5.91 Å². The summed E-state index contributed by atoms with van der Waals surface area (Å²) >= 11 is 6.40. The molecule has 8 nitrogen and oxygen atoms in total. The topological polar surface area (TPSA) is 119 Å². The van der Waals surface area contributed by atoms with Crippen LogP contribution in [0, 0.1) is 0 Å². The summed E-state index contributed by atoms with van der Waals surface area (Å²) in [5.74, 6) is 0.239. The molecule has 0 radical (unpaired) electrons. The van der Waals surface area contributed by atoms with Crippen molar-refractivity contribution in [2.45, 2.75) is 25.8 Å². The number of ether oxygens (including phenoxy) is 1. The number of nitrogens with two attached hydrogens (primary N) is 2. The van der Waals surface area contributed by atoms with E-state index in [0.717, 1.165) is 31.6 Å². The predicted octanol–water partition coefficient (Wildman–Crippen LogP) is 3.96. The van der Waals surface area contributed by atoms with Gasteiger partial charge in [0.15, 0.2) is 5.69 Å². The first-order valence-corrected chi connectivity index (χ1v) is 11.3. The Kier molecular flexibility index (Phi) is 6.96. The van der Waals surface area contributed by atoms with Crippen molar-refractivity contribution in [3.63, 3.8) is 0 Å². The van der Waals surface area contributed by atoms with Crippen LogP contribution in [0.15, 0.2) is 48.8 Å². The van der Waals surface area contributed by atoms with E-state index in [1.165, 1.54) is 0 Å². The van der Waals surface area contributed by atoms with Crippen molar-refractivity contribution in [1.82, 2.24) is 9.97 Å². The molecule has 33 heavy (non-hydrogen) atoms. The quantitative estimate of drug-likeness (QED) is 0.503. The second-order valence-electron chi connectivity index (χ2n) is 7.90. The van der Waals surface area contributed by atoms with Crippen LogP contribution in [0.5, 0.6) is 5.75 Å². The van der Waals surface area contributed by atoms with Gasteiger partial charge in [-0.05, 0) is 56.2 Å². The highest BCUT2D eigenvalue weighted by atomic mass is 35.5. The first-order chi connectivity index (χ1) is 16.0. The molecule has 1 atom stereocenters. The van der Waals surface area contributed by atoms with Crippen molar-refractivity contribution in [3.05, 3.63) is 59.5 Å². The van der Waals surface area contributed by atoms with Gasteiger partial charge in [0, 0.05) is 30.9 Å². The van der Waals surface area contributed by atoms with Gasteiger partial charge in [-0.15, -0.1) is 0 Å². The third-order valence-electron chi connectivity index (χ3n) is 5.51. The number of nitrogens with one attached hydrogen (secondary N) is 1. The summed E-state index contributed by atoms with van der Waals surface area (Å²) in [6, 6.07) is 10.7. The average Bonchev–Trinajstić information content (AvgIpc) is 2.81. The molecule has 9 heteroatoms. The molecule has 2 aromatic heterocycles. The van der Waals surface area contributed by atoms with Crippen LogP contribution in [-0.2, 0) is 0 Å². The maximum atomic E-state index is 13.2. The fourth-order valence-electron chi connectivity index (χ4n) is 3.93. The molecular weight excluding hydrogens is 440 g/mol. The number of halogens is 1. The van der Waals surface area contributed by atoms with E-state index in [-0.39, 0.29) is 17.4 Å². The Balaban J connectivity index is 1.63. The number of nitrogens with zero attached hydrogens (tertiary/aromatic N) is 3. The van der Waals surface area contributed by atoms with Gasteiger partial charge in [-0.2, -0.15) is 0 Å². The molecule has 0 unspecified atom stereocenters. The van der Waals surface area contributed by atoms with Crippen LogP contribution in [0.3, 0.4) is 0 Å². The van der Waals surface area contributed by atoms with Crippen molar-refractivity contribution >= 4 is 34.6 Å². The lowest BCUT2D eigenvalue weighted by Crippen LogP contribution is -2.43. The molecule has 3 heterocycles. The third-order valence-corrected chi connectivity index (χ3v) is 5.84. The SMILES string of the molecule is CCOc1ccc(Cl)c(-c2ccc(N)c(C(=O)Nc3cnccc3N3CCC[C@H](N)C3)n2)c1. The molecule has 1 aliphatic heterocycles. The van der Waals surface area contributed by atoms with Crippen molar-refractivity contribution in [1.29, 1.82) is 0 Å². The van der Waals surface area contributed by atoms with E-state index in [4.69, 9.17) is 27.8 Å². The van der Waals surface area contributed by atoms with Crippen LogP contribution >= 0.6 is 11.6 Å². The van der Waals surface area contributed by atoms with Gasteiger partial charge in [0.25, 0.3) is 5.91 Å². The minimum absolute atomic E-state index is 0.0988. The Morgan fingerprint density at radius 1 is 1.30 bits per heavy atom. The van der Waals surface area contributed by atoms with Gasteiger partial charge in [-0.25, -0.2) is 4.98 Å². The zero-order chi connectivity index (χ0) is 23.4. The van der Waals surface area contributed by atoms with Crippen LogP contribution in [0.1, 0.15) is 30.3 Å².